The molecule has 1 aromatic heterocycles. The molecule has 3 aromatic carbocycles. The number of benzene rings is 3. The number of rotatable bonds is 10. The van der Waals surface area contributed by atoms with Crippen LogP contribution in [0.15, 0.2) is 93.5 Å². The summed E-state index contributed by atoms with van der Waals surface area (Å²) in [6, 6.07) is 22.9. The molecule has 2 heterocycles. The highest BCUT2D eigenvalue weighted by Crippen LogP contribution is 2.43. The van der Waals surface area contributed by atoms with Gasteiger partial charge in [-0.05, 0) is 42.3 Å². The predicted molar refractivity (Wildman–Crippen MR) is 154 cm³/mol. The molecule has 1 unspecified atom stereocenters. The first kappa shape index (κ1) is 27.5. The van der Waals surface area contributed by atoms with Crippen LogP contribution in [-0.4, -0.2) is 12.6 Å². The first-order valence-corrected chi connectivity index (χ1v) is 13.7. The van der Waals surface area contributed by atoms with Crippen LogP contribution in [0, 0.1) is 11.3 Å². The summed E-state index contributed by atoms with van der Waals surface area (Å²) < 4.78 is 22.4. The molecular weight excluding hydrogens is 520 g/mol. The van der Waals surface area contributed by atoms with Crippen LogP contribution >= 0.6 is 0 Å². The number of fused-ring (bicyclic) bond motifs is 2. The topological polar surface area (TPSA) is 125 Å². The number of para-hydroxylation sites is 1. The summed E-state index contributed by atoms with van der Waals surface area (Å²) >= 11 is 0. The summed E-state index contributed by atoms with van der Waals surface area (Å²) in [7, 11) is 0. The van der Waals surface area contributed by atoms with E-state index in [1.807, 2.05) is 24.3 Å². The van der Waals surface area contributed by atoms with E-state index in [0.29, 0.717) is 28.9 Å². The average molecular weight is 551 g/mol. The third kappa shape index (κ3) is 6.10. The van der Waals surface area contributed by atoms with Gasteiger partial charge in [0, 0.05) is 17.0 Å². The monoisotopic (exact) mass is 550 g/mol. The molecule has 1 aliphatic rings. The minimum Gasteiger partial charge on any atom is -0.494 e. The molecule has 2 N–H and O–H groups in total. The second-order valence-corrected chi connectivity index (χ2v) is 9.83. The molecular formula is C33H30N2O6. The van der Waals surface area contributed by atoms with Crippen molar-refractivity contribution in [1.29, 1.82) is 5.26 Å². The van der Waals surface area contributed by atoms with E-state index in [0.717, 1.165) is 24.2 Å². The molecule has 8 heteroatoms. The number of carbonyl (C=O) groups excluding carboxylic acids is 1. The summed E-state index contributed by atoms with van der Waals surface area (Å²) in [5, 5.41) is 10.5. The average Bonchev–Trinajstić information content (AvgIpc) is 2.98. The van der Waals surface area contributed by atoms with E-state index in [1.165, 1.54) is 31.4 Å². The van der Waals surface area contributed by atoms with Crippen molar-refractivity contribution in [2.45, 2.75) is 44.9 Å². The van der Waals surface area contributed by atoms with Gasteiger partial charge in [0.25, 0.3) is 0 Å². The SMILES string of the molecule is CCCCCCCOc1ccc(C2C(C#N)=C(N)Oc3cc(OC(=O)c4cc5ccccc5oc4=O)ccc32)cc1. The molecule has 208 valence electrons. The number of nitrogens with zero attached hydrogens (tertiary/aromatic N) is 1. The molecule has 0 fully saturated rings. The van der Waals surface area contributed by atoms with Crippen molar-refractivity contribution in [1.82, 2.24) is 0 Å². The van der Waals surface area contributed by atoms with Crippen molar-refractivity contribution in [3.63, 3.8) is 0 Å². The number of unbranched alkanes of at least 4 members (excludes halogenated alkanes) is 4. The van der Waals surface area contributed by atoms with Gasteiger partial charge in [-0.1, -0.05) is 69.0 Å². The number of ether oxygens (including phenoxy) is 3. The minimum absolute atomic E-state index is 0.0314. The molecule has 0 spiro atoms. The van der Waals surface area contributed by atoms with E-state index in [1.54, 1.807) is 36.4 Å². The Balaban J connectivity index is 1.34. The van der Waals surface area contributed by atoms with Crippen LogP contribution < -0.4 is 25.6 Å². The highest BCUT2D eigenvalue weighted by molar-refractivity contribution is 5.94. The fourth-order valence-electron chi connectivity index (χ4n) is 4.86. The summed E-state index contributed by atoms with van der Waals surface area (Å²) in [6.07, 6.45) is 5.81. The van der Waals surface area contributed by atoms with Gasteiger partial charge in [0.05, 0.1) is 12.5 Å². The Morgan fingerprint density at radius 3 is 2.51 bits per heavy atom. The van der Waals surface area contributed by atoms with E-state index in [9.17, 15) is 14.9 Å². The van der Waals surface area contributed by atoms with Crippen LogP contribution in [0.3, 0.4) is 0 Å². The lowest BCUT2D eigenvalue weighted by Gasteiger charge is -2.26. The lowest BCUT2D eigenvalue weighted by atomic mass is 9.83. The number of hydrogen-bond acceptors (Lipinski definition) is 8. The summed E-state index contributed by atoms with van der Waals surface area (Å²) in [5.41, 5.74) is 7.30. The molecule has 1 aliphatic heterocycles. The van der Waals surface area contributed by atoms with Gasteiger partial charge in [0.1, 0.15) is 40.0 Å². The third-order valence-electron chi connectivity index (χ3n) is 6.99. The van der Waals surface area contributed by atoms with E-state index in [2.05, 4.69) is 13.0 Å². The van der Waals surface area contributed by atoms with Crippen LogP contribution in [0.4, 0.5) is 0 Å². The van der Waals surface area contributed by atoms with Crippen LogP contribution in [-0.2, 0) is 0 Å². The van der Waals surface area contributed by atoms with Gasteiger partial charge >= 0.3 is 11.6 Å². The number of esters is 1. The molecule has 0 bridgehead atoms. The summed E-state index contributed by atoms with van der Waals surface area (Å²) in [5.74, 6) is -0.128. The Kier molecular flexibility index (Phi) is 8.35. The van der Waals surface area contributed by atoms with Crippen LogP contribution in [0.2, 0.25) is 0 Å². The Morgan fingerprint density at radius 1 is 0.976 bits per heavy atom. The van der Waals surface area contributed by atoms with Gasteiger partial charge in [-0.25, -0.2) is 9.59 Å². The number of nitriles is 1. The van der Waals surface area contributed by atoms with Crippen molar-refractivity contribution in [3.05, 3.63) is 111 Å². The molecule has 0 saturated carbocycles. The number of hydrogen-bond donors (Lipinski definition) is 1. The van der Waals surface area contributed by atoms with E-state index >= 15 is 0 Å². The van der Waals surface area contributed by atoms with Crippen LogP contribution in [0.25, 0.3) is 11.0 Å². The second kappa shape index (κ2) is 12.4. The minimum atomic E-state index is -0.862. The fraction of sp³-hybridized carbons (Fsp3) is 0.242. The predicted octanol–water partition coefficient (Wildman–Crippen LogP) is 6.58. The summed E-state index contributed by atoms with van der Waals surface area (Å²) in [6.45, 7) is 2.85. The summed E-state index contributed by atoms with van der Waals surface area (Å²) in [4.78, 5) is 25.2. The quantitative estimate of drug-likeness (QED) is 0.102. The number of allylic oxidation sites excluding steroid dienone is 1. The second-order valence-electron chi connectivity index (χ2n) is 9.83. The van der Waals surface area contributed by atoms with Crippen molar-refractivity contribution in [2.75, 3.05) is 6.61 Å². The molecule has 41 heavy (non-hydrogen) atoms. The zero-order valence-corrected chi connectivity index (χ0v) is 22.7. The Labute approximate surface area is 237 Å². The van der Waals surface area contributed by atoms with Gasteiger partial charge in [-0.3, -0.25) is 0 Å². The fourth-order valence-corrected chi connectivity index (χ4v) is 4.86. The standard InChI is InChI=1S/C33H30N2O6/c1-2-3-4-5-8-17-38-23-13-11-21(12-14-23)30-25-16-15-24(19-29(25)40-31(35)27(30)20-34)39-32(36)26-18-22-9-6-7-10-28(22)41-33(26)37/h6-7,9-16,18-19,30H,2-5,8,17,35H2,1H3. The molecule has 0 aliphatic carbocycles. The maximum Gasteiger partial charge on any atom is 0.351 e. The van der Waals surface area contributed by atoms with Crippen molar-refractivity contribution in [3.8, 4) is 23.3 Å². The molecule has 1 atom stereocenters. The molecule has 4 aromatic rings. The molecule has 0 amide bonds. The van der Waals surface area contributed by atoms with E-state index < -0.39 is 17.5 Å². The van der Waals surface area contributed by atoms with Gasteiger partial charge < -0.3 is 24.4 Å². The van der Waals surface area contributed by atoms with Gasteiger partial charge in [-0.2, -0.15) is 5.26 Å². The van der Waals surface area contributed by atoms with Crippen molar-refractivity contribution < 1.29 is 23.4 Å². The third-order valence-corrected chi connectivity index (χ3v) is 6.99. The smallest absolute Gasteiger partial charge is 0.351 e. The Hall–Kier alpha value is -5.03. The van der Waals surface area contributed by atoms with Gasteiger partial charge in [0.2, 0.25) is 5.88 Å². The van der Waals surface area contributed by atoms with Crippen molar-refractivity contribution in [2.24, 2.45) is 5.73 Å². The molecule has 0 saturated heterocycles. The van der Waals surface area contributed by atoms with Crippen LogP contribution in [0.1, 0.15) is 66.4 Å². The molecule has 5 rings (SSSR count). The number of nitrogens with two attached hydrogens (primary N) is 1. The number of carbonyl (C=O) groups is 1. The normalized spacial score (nSPS) is 14.2. The van der Waals surface area contributed by atoms with Gasteiger partial charge in [0.15, 0.2) is 0 Å². The first-order valence-electron chi connectivity index (χ1n) is 13.7. The van der Waals surface area contributed by atoms with Crippen molar-refractivity contribution >= 4 is 16.9 Å². The molecule has 0 radical (unpaired) electrons. The zero-order valence-electron chi connectivity index (χ0n) is 22.7. The largest absolute Gasteiger partial charge is 0.494 e. The highest BCUT2D eigenvalue weighted by Gasteiger charge is 2.31. The zero-order chi connectivity index (χ0) is 28.8. The molecule has 8 nitrogen and oxygen atoms in total. The van der Waals surface area contributed by atoms with Gasteiger partial charge in [-0.15, -0.1) is 0 Å². The maximum atomic E-state index is 12.9. The highest BCUT2D eigenvalue weighted by atomic mass is 16.5. The first-order chi connectivity index (χ1) is 20.0. The lowest BCUT2D eigenvalue weighted by molar-refractivity contribution is 0.0730. The lowest BCUT2D eigenvalue weighted by Crippen LogP contribution is -2.21. The van der Waals surface area contributed by atoms with Crippen LogP contribution in [0.5, 0.6) is 17.2 Å². The van der Waals surface area contributed by atoms with E-state index in [4.69, 9.17) is 24.4 Å². The Morgan fingerprint density at radius 2 is 1.73 bits per heavy atom. The van der Waals surface area contributed by atoms with E-state index in [-0.39, 0.29) is 22.8 Å². The maximum absolute atomic E-state index is 12.9. The Bertz CT molecular complexity index is 1700.